The Balaban J connectivity index is 1.31. The minimum atomic E-state index is 0.118. The first-order valence-corrected chi connectivity index (χ1v) is 11.7. The highest BCUT2D eigenvalue weighted by Gasteiger charge is 2.13. The molecule has 1 atom stereocenters. The monoisotopic (exact) mass is 437 g/mol. The minimum Gasteiger partial charge on any atom is -0.374 e. The van der Waals surface area contributed by atoms with Crippen molar-refractivity contribution in [3.8, 4) is 0 Å². The van der Waals surface area contributed by atoms with Gasteiger partial charge in [-0.1, -0.05) is 54.6 Å². The molecular formula is C26H39N5O. The summed E-state index contributed by atoms with van der Waals surface area (Å²) in [4.78, 5) is 9.25. The highest BCUT2D eigenvalue weighted by atomic mass is 16.5. The Morgan fingerprint density at radius 3 is 2.34 bits per heavy atom. The van der Waals surface area contributed by atoms with Gasteiger partial charge in [-0.15, -0.1) is 0 Å². The van der Waals surface area contributed by atoms with E-state index in [4.69, 9.17) is 4.74 Å². The highest BCUT2D eigenvalue weighted by molar-refractivity contribution is 5.79. The molecule has 2 aromatic carbocycles. The second-order valence-corrected chi connectivity index (χ2v) is 8.53. The van der Waals surface area contributed by atoms with Crippen molar-refractivity contribution in [2.24, 2.45) is 4.99 Å². The van der Waals surface area contributed by atoms with Crippen LogP contribution in [0.15, 0.2) is 59.6 Å². The van der Waals surface area contributed by atoms with Crippen LogP contribution in [0.4, 0.5) is 0 Å². The van der Waals surface area contributed by atoms with Gasteiger partial charge in [-0.2, -0.15) is 0 Å². The Morgan fingerprint density at radius 2 is 1.66 bits per heavy atom. The molecule has 0 aromatic heterocycles. The fourth-order valence-corrected chi connectivity index (χ4v) is 3.79. The van der Waals surface area contributed by atoms with Crippen LogP contribution in [0.25, 0.3) is 0 Å². The van der Waals surface area contributed by atoms with E-state index >= 15 is 0 Å². The van der Waals surface area contributed by atoms with Gasteiger partial charge in [0.25, 0.3) is 0 Å². The van der Waals surface area contributed by atoms with Gasteiger partial charge in [0.1, 0.15) is 0 Å². The molecule has 32 heavy (non-hydrogen) atoms. The number of benzene rings is 2. The van der Waals surface area contributed by atoms with Gasteiger partial charge in [0.2, 0.25) is 0 Å². The SMILES string of the molecule is CN=C(NCCCOC(C)c1ccccc1)NCc1ccc(CN2CCN(C)CC2)cc1. The van der Waals surface area contributed by atoms with Crippen molar-refractivity contribution in [3.05, 3.63) is 71.3 Å². The smallest absolute Gasteiger partial charge is 0.191 e. The predicted octanol–water partition coefficient (Wildman–Crippen LogP) is 3.27. The molecule has 0 amide bonds. The van der Waals surface area contributed by atoms with E-state index in [0.29, 0.717) is 0 Å². The molecule has 1 saturated heterocycles. The van der Waals surface area contributed by atoms with E-state index in [2.05, 4.69) is 75.8 Å². The third-order valence-corrected chi connectivity index (χ3v) is 5.96. The van der Waals surface area contributed by atoms with Crippen molar-refractivity contribution < 1.29 is 4.74 Å². The van der Waals surface area contributed by atoms with E-state index < -0.39 is 0 Å². The molecule has 0 saturated carbocycles. The molecule has 1 heterocycles. The lowest BCUT2D eigenvalue weighted by Crippen LogP contribution is -2.43. The van der Waals surface area contributed by atoms with Crippen molar-refractivity contribution in [3.63, 3.8) is 0 Å². The van der Waals surface area contributed by atoms with Crippen molar-refractivity contribution in [1.29, 1.82) is 0 Å². The maximum Gasteiger partial charge on any atom is 0.191 e. The topological polar surface area (TPSA) is 52.1 Å². The molecule has 0 spiro atoms. The lowest BCUT2D eigenvalue weighted by molar-refractivity contribution is 0.0646. The fourth-order valence-electron chi connectivity index (χ4n) is 3.79. The summed E-state index contributed by atoms with van der Waals surface area (Å²) in [6.07, 6.45) is 1.05. The van der Waals surface area contributed by atoms with Gasteiger partial charge in [-0.25, -0.2) is 0 Å². The molecular weight excluding hydrogens is 398 g/mol. The van der Waals surface area contributed by atoms with Crippen molar-refractivity contribution in [2.45, 2.75) is 32.5 Å². The molecule has 0 radical (unpaired) electrons. The summed E-state index contributed by atoms with van der Waals surface area (Å²) in [6, 6.07) is 19.3. The highest BCUT2D eigenvalue weighted by Crippen LogP contribution is 2.15. The summed E-state index contributed by atoms with van der Waals surface area (Å²) in [5.74, 6) is 0.822. The van der Waals surface area contributed by atoms with Crippen LogP contribution in [0.5, 0.6) is 0 Å². The van der Waals surface area contributed by atoms with Crippen LogP contribution >= 0.6 is 0 Å². The van der Waals surface area contributed by atoms with E-state index in [9.17, 15) is 0 Å². The summed E-state index contributed by atoms with van der Waals surface area (Å²) in [7, 11) is 4.00. The third kappa shape index (κ3) is 8.26. The summed E-state index contributed by atoms with van der Waals surface area (Å²) in [5, 5.41) is 6.77. The van der Waals surface area contributed by atoms with Crippen molar-refractivity contribution in [2.75, 3.05) is 53.4 Å². The Hall–Kier alpha value is -2.41. The Kier molecular flexibility index (Phi) is 10.0. The number of nitrogens with one attached hydrogen (secondary N) is 2. The summed E-state index contributed by atoms with van der Waals surface area (Å²) >= 11 is 0. The number of hydrogen-bond acceptors (Lipinski definition) is 4. The molecule has 0 bridgehead atoms. The van der Waals surface area contributed by atoms with Gasteiger partial charge in [0.05, 0.1) is 6.10 Å². The molecule has 0 aliphatic carbocycles. The quantitative estimate of drug-likeness (QED) is 0.339. The number of nitrogens with zero attached hydrogens (tertiary/aromatic N) is 3. The van der Waals surface area contributed by atoms with Crippen LogP contribution in [0, 0.1) is 0 Å². The number of guanidine groups is 1. The molecule has 1 unspecified atom stereocenters. The zero-order chi connectivity index (χ0) is 22.6. The molecule has 3 rings (SSSR count). The summed E-state index contributed by atoms with van der Waals surface area (Å²) in [6.45, 7) is 10.1. The summed E-state index contributed by atoms with van der Waals surface area (Å²) in [5.41, 5.74) is 3.85. The van der Waals surface area contributed by atoms with Crippen LogP contribution in [0.3, 0.4) is 0 Å². The first-order chi connectivity index (χ1) is 15.6. The van der Waals surface area contributed by atoms with Crippen LogP contribution in [0.1, 0.15) is 36.1 Å². The molecule has 2 N–H and O–H groups in total. The number of ether oxygens (including phenoxy) is 1. The molecule has 174 valence electrons. The molecule has 1 aliphatic rings. The van der Waals surface area contributed by atoms with E-state index in [1.54, 1.807) is 0 Å². The Bertz CT molecular complexity index is 801. The van der Waals surface area contributed by atoms with Crippen LogP contribution < -0.4 is 10.6 Å². The first-order valence-electron chi connectivity index (χ1n) is 11.7. The molecule has 6 nitrogen and oxygen atoms in total. The number of hydrogen-bond donors (Lipinski definition) is 2. The van der Waals surface area contributed by atoms with Gasteiger partial charge in [-0.3, -0.25) is 9.89 Å². The largest absolute Gasteiger partial charge is 0.374 e. The van der Waals surface area contributed by atoms with Gasteiger partial charge in [0, 0.05) is 59.5 Å². The maximum absolute atomic E-state index is 5.94. The van der Waals surface area contributed by atoms with Gasteiger partial charge in [0.15, 0.2) is 5.96 Å². The molecule has 6 heteroatoms. The zero-order valence-electron chi connectivity index (χ0n) is 19.9. The van der Waals surface area contributed by atoms with Crippen molar-refractivity contribution in [1.82, 2.24) is 20.4 Å². The Labute approximate surface area is 193 Å². The van der Waals surface area contributed by atoms with E-state index in [0.717, 1.165) is 64.8 Å². The maximum atomic E-state index is 5.94. The first kappa shape index (κ1) is 24.2. The predicted molar refractivity (Wildman–Crippen MR) is 133 cm³/mol. The fraction of sp³-hybridized carbons (Fsp3) is 0.500. The summed E-state index contributed by atoms with van der Waals surface area (Å²) < 4.78 is 5.94. The van der Waals surface area contributed by atoms with E-state index in [-0.39, 0.29) is 6.10 Å². The second-order valence-electron chi connectivity index (χ2n) is 8.53. The lowest BCUT2D eigenvalue weighted by Gasteiger charge is -2.32. The molecule has 2 aromatic rings. The van der Waals surface area contributed by atoms with E-state index in [1.807, 2.05) is 25.2 Å². The van der Waals surface area contributed by atoms with Gasteiger partial charge in [-0.05, 0) is 37.1 Å². The lowest BCUT2D eigenvalue weighted by atomic mass is 10.1. The van der Waals surface area contributed by atoms with Gasteiger partial charge < -0.3 is 20.3 Å². The van der Waals surface area contributed by atoms with Crippen LogP contribution in [0.2, 0.25) is 0 Å². The molecule has 1 aliphatic heterocycles. The van der Waals surface area contributed by atoms with Gasteiger partial charge >= 0.3 is 0 Å². The van der Waals surface area contributed by atoms with Crippen LogP contribution in [-0.4, -0.2) is 69.2 Å². The standard InChI is InChI=1S/C26H39N5O/c1-22(25-8-5-4-6-9-25)32-19-7-14-28-26(27-2)29-20-23-10-12-24(13-11-23)21-31-17-15-30(3)16-18-31/h4-6,8-13,22H,7,14-21H2,1-3H3,(H2,27,28,29). The average Bonchev–Trinajstić information content (AvgIpc) is 2.83. The number of piperazine rings is 1. The number of rotatable bonds is 10. The number of likely N-dealkylation sites (N-methyl/N-ethyl adjacent to an activating group) is 1. The minimum absolute atomic E-state index is 0.118. The van der Waals surface area contributed by atoms with Crippen molar-refractivity contribution >= 4 is 5.96 Å². The normalized spacial score (nSPS) is 16.7. The molecule has 1 fully saturated rings. The zero-order valence-corrected chi connectivity index (χ0v) is 19.9. The van der Waals surface area contributed by atoms with Crippen LogP contribution in [-0.2, 0) is 17.8 Å². The average molecular weight is 438 g/mol. The number of aliphatic imine (C=N–C) groups is 1. The Morgan fingerprint density at radius 1 is 0.969 bits per heavy atom. The van der Waals surface area contributed by atoms with E-state index in [1.165, 1.54) is 16.7 Å². The third-order valence-electron chi connectivity index (χ3n) is 5.96. The second kappa shape index (κ2) is 13.2.